The second-order valence-corrected chi connectivity index (χ2v) is 8.69. The Labute approximate surface area is 181 Å². The fraction of sp³-hybridized carbons (Fsp3) is 0.391. The number of benzene rings is 2. The Bertz CT molecular complexity index is 970. The maximum Gasteiger partial charge on any atom is 0.253 e. The van der Waals surface area contributed by atoms with E-state index in [-0.39, 0.29) is 23.8 Å². The number of nitrogens with zero attached hydrogens (tertiary/aromatic N) is 2. The standard InChI is InChI=1S/C23H25ClN4O2/c24-16-6-8-17(9-7-16)28-23(30)19-14-25-20-10-5-15(13-18(20)21(19)26-28)22(29)27-11-3-1-2-4-12-27/h5-10,13,19,21,25-26H,1-4,11-12,14H2. The summed E-state index contributed by atoms with van der Waals surface area (Å²) in [6, 6.07) is 12.9. The van der Waals surface area contributed by atoms with Crippen LogP contribution in [0.2, 0.25) is 5.02 Å². The summed E-state index contributed by atoms with van der Waals surface area (Å²) in [4.78, 5) is 28.1. The predicted molar refractivity (Wildman–Crippen MR) is 118 cm³/mol. The number of fused-ring (bicyclic) bond motifs is 3. The topological polar surface area (TPSA) is 64.7 Å². The zero-order valence-electron chi connectivity index (χ0n) is 16.7. The van der Waals surface area contributed by atoms with Crippen LogP contribution in [0.3, 0.4) is 0 Å². The lowest BCUT2D eigenvalue weighted by Gasteiger charge is -2.28. The average Bonchev–Trinajstić information content (AvgIpc) is 2.94. The fourth-order valence-electron chi connectivity index (χ4n) is 4.67. The van der Waals surface area contributed by atoms with Crippen LogP contribution in [-0.4, -0.2) is 36.3 Å². The lowest BCUT2D eigenvalue weighted by Crippen LogP contribution is -2.35. The van der Waals surface area contributed by atoms with Crippen molar-refractivity contribution in [2.45, 2.75) is 31.7 Å². The number of likely N-dealkylation sites (tertiary alicyclic amines) is 1. The van der Waals surface area contributed by atoms with Gasteiger partial charge < -0.3 is 10.2 Å². The van der Waals surface area contributed by atoms with Crippen LogP contribution in [0.25, 0.3) is 0 Å². The van der Waals surface area contributed by atoms with Crippen LogP contribution in [0, 0.1) is 5.92 Å². The number of hydrogen-bond acceptors (Lipinski definition) is 4. The number of rotatable bonds is 2. The maximum absolute atomic E-state index is 13.1. The van der Waals surface area contributed by atoms with Gasteiger partial charge in [-0.05, 0) is 60.9 Å². The number of hydrazine groups is 1. The molecule has 2 unspecified atom stereocenters. The van der Waals surface area contributed by atoms with Crippen molar-refractivity contribution in [3.05, 3.63) is 58.6 Å². The van der Waals surface area contributed by atoms with Crippen molar-refractivity contribution >= 4 is 34.8 Å². The van der Waals surface area contributed by atoms with Gasteiger partial charge in [0.15, 0.2) is 0 Å². The molecule has 2 aromatic carbocycles. The normalized spacial score (nSPS) is 23.4. The first-order valence-electron chi connectivity index (χ1n) is 10.6. The van der Waals surface area contributed by atoms with Crippen LogP contribution in [0.5, 0.6) is 0 Å². The van der Waals surface area contributed by atoms with Gasteiger partial charge in [0.25, 0.3) is 5.91 Å². The summed E-state index contributed by atoms with van der Waals surface area (Å²) in [6.45, 7) is 2.20. The first kappa shape index (κ1) is 19.4. The molecule has 3 heterocycles. The van der Waals surface area contributed by atoms with E-state index in [2.05, 4.69) is 10.7 Å². The molecule has 7 heteroatoms. The van der Waals surface area contributed by atoms with E-state index >= 15 is 0 Å². The van der Waals surface area contributed by atoms with Gasteiger partial charge in [-0.2, -0.15) is 0 Å². The molecular formula is C23H25ClN4O2. The quantitative estimate of drug-likeness (QED) is 0.765. The smallest absolute Gasteiger partial charge is 0.253 e. The van der Waals surface area contributed by atoms with Gasteiger partial charge in [0.1, 0.15) is 0 Å². The third-order valence-electron chi connectivity index (χ3n) is 6.33. The van der Waals surface area contributed by atoms with E-state index in [0.717, 1.165) is 42.9 Å². The second-order valence-electron chi connectivity index (χ2n) is 8.25. The van der Waals surface area contributed by atoms with Gasteiger partial charge in [0.05, 0.1) is 17.6 Å². The number of anilines is 2. The SMILES string of the molecule is O=C(c1ccc2c(c1)C1NN(c3ccc(Cl)cc3)C(=O)C1CN2)N1CCCCCC1. The summed E-state index contributed by atoms with van der Waals surface area (Å²) >= 11 is 6.00. The van der Waals surface area contributed by atoms with Crippen molar-refractivity contribution < 1.29 is 9.59 Å². The summed E-state index contributed by atoms with van der Waals surface area (Å²) in [7, 11) is 0. The summed E-state index contributed by atoms with van der Waals surface area (Å²) in [5.74, 6) is -0.123. The highest BCUT2D eigenvalue weighted by Crippen LogP contribution is 2.40. The van der Waals surface area contributed by atoms with Crippen LogP contribution >= 0.6 is 11.6 Å². The fourth-order valence-corrected chi connectivity index (χ4v) is 4.80. The molecule has 30 heavy (non-hydrogen) atoms. The molecule has 0 spiro atoms. The van der Waals surface area contributed by atoms with Crippen LogP contribution in [-0.2, 0) is 4.79 Å². The van der Waals surface area contributed by atoms with Crippen LogP contribution in [0.15, 0.2) is 42.5 Å². The predicted octanol–water partition coefficient (Wildman–Crippen LogP) is 3.99. The van der Waals surface area contributed by atoms with Crippen molar-refractivity contribution in [1.29, 1.82) is 0 Å². The zero-order valence-corrected chi connectivity index (χ0v) is 17.5. The molecule has 0 aromatic heterocycles. The third-order valence-corrected chi connectivity index (χ3v) is 6.58. The molecule has 0 aliphatic carbocycles. The van der Waals surface area contributed by atoms with E-state index < -0.39 is 0 Å². The van der Waals surface area contributed by atoms with Crippen LogP contribution < -0.4 is 15.8 Å². The lowest BCUT2D eigenvalue weighted by atomic mass is 9.88. The van der Waals surface area contributed by atoms with Gasteiger partial charge >= 0.3 is 0 Å². The minimum absolute atomic E-state index is 0.0183. The molecule has 2 atom stereocenters. The Morgan fingerprint density at radius 2 is 1.73 bits per heavy atom. The Balaban J connectivity index is 1.43. The third kappa shape index (κ3) is 3.44. The molecule has 2 amide bonds. The molecule has 2 fully saturated rings. The van der Waals surface area contributed by atoms with Crippen molar-refractivity contribution in [2.24, 2.45) is 5.92 Å². The summed E-state index contributed by atoms with van der Waals surface area (Å²) in [5, 5.41) is 5.60. The molecule has 0 bridgehead atoms. The molecule has 2 saturated heterocycles. The number of halogens is 1. The highest BCUT2D eigenvalue weighted by molar-refractivity contribution is 6.30. The number of hydrogen-bond donors (Lipinski definition) is 2. The number of amides is 2. The Morgan fingerprint density at radius 3 is 2.47 bits per heavy atom. The Hall–Kier alpha value is -2.57. The molecule has 2 N–H and O–H groups in total. The monoisotopic (exact) mass is 424 g/mol. The van der Waals surface area contributed by atoms with Gasteiger partial charge in [-0.1, -0.05) is 24.4 Å². The summed E-state index contributed by atoms with van der Waals surface area (Å²) in [6.07, 6.45) is 4.51. The van der Waals surface area contributed by atoms with Crippen molar-refractivity contribution in [3.8, 4) is 0 Å². The van der Waals surface area contributed by atoms with Gasteiger partial charge in [-0.3, -0.25) is 9.59 Å². The number of carbonyl (C=O) groups excluding carboxylic acids is 2. The van der Waals surface area contributed by atoms with E-state index in [0.29, 0.717) is 17.1 Å². The molecule has 0 saturated carbocycles. The molecule has 5 rings (SSSR count). The molecule has 6 nitrogen and oxygen atoms in total. The second kappa shape index (κ2) is 7.93. The summed E-state index contributed by atoms with van der Waals surface area (Å²) < 4.78 is 0. The molecule has 156 valence electrons. The Kier molecular flexibility index (Phi) is 5.13. The Morgan fingerprint density at radius 1 is 1.00 bits per heavy atom. The number of carbonyl (C=O) groups is 2. The lowest BCUT2D eigenvalue weighted by molar-refractivity contribution is -0.120. The van der Waals surface area contributed by atoms with Gasteiger partial charge in [0.2, 0.25) is 5.91 Å². The van der Waals surface area contributed by atoms with Crippen molar-refractivity contribution in [1.82, 2.24) is 10.3 Å². The largest absolute Gasteiger partial charge is 0.384 e. The first-order chi connectivity index (χ1) is 14.6. The van der Waals surface area contributed by atoms with Gasteiger partial charge in [0, 0.05) is 35.9 Å². The van der Waals surface area contributed by atoms with E-state index in [1.807, 2.05) is 35.2 Å². The highest BCUT2D eigenvalue weighted by Gasteiger charge is 2.44. The molecule has 0 radical (unpaired) electrons. The van der Waals surface area contributed by atoms with Crippen molar-refractivity contribution in [3.63, 3.8) is 0 Å². The first-order valence-corrected chi connectivity index (χ1v) is 11.0. The van der Waals surface area contributed by atoms with Gasteiger partial charge in [-0.15, -0.1) is 0 Å². The van der Waals surface area contributed by atoms with E-state index in [9.17, 15) is 9.59 Å². The summed E-state index contributed by atoms with van der Waals surface area (Å²) in [5.41, 5.74) is 6.76. The zero-order chi connectivity index (χ0) is 20.7. The minimum Gasteiger partial charge on any atom is -0.384 e. The molecule has 3 aliphatic heterocycles. The highest BCUT2D eigenvalue weighted by atomic mass is 35.5. The van der Waals surface area contributed by atoms with Crippen molar-refractivity contribution in [2.75, 3.05) is 30.0 Å². The van der Waals surface area contributed by atoms with Gasteiger partial charge in [-0.25, -0.2) is 10.4 Å². The van der Waals surface area contributed by atoms with E-state index in [1.165, 1.54) is 12.8 Å². The minimum atomic E-state index is -0.225. The molecule has 2 aromatic rings. The van der Waals surface area contributed by atoms with E-state index in [1.54, 1.807) is 17.1 Å². The van der Waals surface area contributed by atoms with Crippen LogP contribution in [0.1, 0.15) is 47.6 Å². The molecular weight excluding hydrogens is 400 g/mol. The number of nitrogens with one attached hydrogen (secondary N) is 2. The van der Waals surface area contributed by atoms with E-state index in [4.69, 9.17) is 11.6 Å². The van der Waals surface area contributed by atoms with Crippen LogP contribution in [0.4, 0.5) is 11.4 Å². The molecule has 3 aliphatic rings. The maximum atomic E-state index is 13.1. The average molecular weight is 425 g/mol.